The normalized spacial score (nSPS) is 10.4. The van der Waals surface area contributed by atoms with Crippen molar-refractivity contribution in [1.29, 1.82) is 0 Å². The van der Waals surface area contributed by atoms with Crippen LogP contribution in [0.2, 0.25) is 0 Å². The molecule has 2 heterocycles. The summed E-state index contributed by atoms with van der Waals surface area (Å²) in [6.07, 6.45) is 3.12. The first-order valence-corrected chi connectivity index (χ1v) is 5.40. The van der Waals surface area contributed by atoms with E-state index in [4.69, 9.17) is 5.73 Å². The SMILES string of the molecule is CN(C)C(=O)c1cc(-n2cnc(CN)n2)ccn1. The Morgan fingerprint density at radius 3 is 2.83 bits per heavy atom. The van der Waals surface area contributed by atoms with Gasteiger partial charge in [0.1, 0.15) is 12.0 Å². The summed E-state index contributed by atoms with van der Waals surface area (Å²) < 4.78 is 1.57. The number of carbonyl (C=O) groups excluding carboxylic acids is 1. The van der Waals surface area contributed by atoms with Gasteiger partial charge in [-0.05, 0) is 12.1 Å². The van der Waals surface area contributed by atoms with Crippen LogP contribution in [-0.4, -0.2) is 44.7 Å². The van der Waals surface area contributed by atoms with Gasteiger partial charge in [-0.1, -0.05) is 0 Å². The van der Waals surface area contributed by atoms with Gasteiger partial charge in [0.15, 0.2) is 5.82 Å². The van der Waals surface area contributed by atoms with E-state index in [1.807, 2.05) is 0 Å². The molecular formula is C11H14N6O. The number of carbonyl (C=O) groups is 1. The zero-order valence-corrected chi connectivity index (χ0v) is 10.2. The minimum atomic E-state index is -0.156. The summed E-state index contributed by atoms with van der Waals surface area (Å²) in [5.41, 5.74) is 6.54. The van der Waals surface area contributed by atoms with Gasteiger partial charge in [-0.15, -0.1) is 5.10 Å². The quantitative estimate of drug-likeness (QED) is 0.811. The van der Waals surface area contributed by atoms with Crippen LogP contribution in [0.15, 0.2) is 24.7 Å². The van der Waals surface area contributed by atoms with Crippen molar-refractivity contribution in [2.45, 2.75) is 6.54 Å². The van der Waals surface area contributed by atoms with Crippen LogP contribution in [0.4, 0.5) is 0 Å². The maximum Gasteiger partial charge on any atom is 0.272 e. The molecule has 0 aliphatic heterocycles. The van der Waals surface area contributed by atoms with Crippen LogP contribution in [0.3, 0.4) is 0 Å². The Morgan fingerprint density at radius 1 is 1.44 bits per heavy atom. The van der Waals surface area contributed by atoms with Crippen molar-refractivity contribution in [1.82, 2.24) is 24.6 Å². The Kier molecular flexibility index (Phi) is 3.33. The topological polar surface area (TPSA) is 89.9 Å². The molecule has 0 unspecified atom stereocenters. The van der Waals surface area contributed by atoms with E-state index in [9.17, 15) is 4.79 Å². The third-order valence-corrected chi connectivity index (χ3v) is 2.36. The van der Waals surface area contributed by atoms with E-state index in [0.29, 0.717) is 11.5 Å². The van der Waals surface area contributed by atoms with Gasteiger partial charge in [0.25, 0.3) is 5.91 Å². The Morgan fingerprint density at radius 2 is 2.22 bits per heavy atom. The molecule has 2 N–H and O–H groups in total. The molecule has 0 aliphatic carbocycles. The summed E-state index contributed by atoms with van der Waals surface area (Å²) in [4.78, 5) is 21.3. The predicted octanol–water partition coefficient (Wildman–Crippen LogP) is -0.177. The van der Waals surface area contributed by atoms with Crippen LogP contribution < -0.4 is 5.73 Å². The maximum atomic E-state index is 11.8. The third-order valence-electron chi connectivity index (χ3n) is 2.36. The Bertz CT molecular complexity index is 562. The second-order valence-corrected chi connectivity index (χ2v) is 3.91. The molecule has 0 saturated heterocycles. The van der Waals surface area contributed by atoms with Crippen LogP contribution in [0.25, 0.3) is 5.69 Å². The number of pyridine rings is 1. The summed E-state index contributed by atoms with van der Waals surface area (Å²) in [6, 6.07) is 3.42. The van der Waals surface area contributed by atoms with Gasteiger partial charge in [0.2, 0.25) is 0 Å². The molecule has 0 aromatic carbocycles. The van der Waals surface area contributed by atoms with E-state index < -0.39 is 0 Å². The molecule has 94 valence electrons. The zero-order valence-electron chi connectivity index (χ0n) is 10.2. The molecule has 0 fully saturated rings. The molecule has 7 heteroatoms. The van der Waals surface area contributed by atoms with Gasteiger partial charge in [0.05, 0.1) is 12.2 Å². The second kappa shape index (κ2) is 4.92. The van der Waals surface area contributed by atoms with Crippen LogP contribution in [-0.2, 0) is 6.54 Å². The molecule has 0 aliphatic rings. The fraction of sp³-hybridized carbons (Fsp3) is 0.273. The van der Waals surface area contributed by atoms with Crippen molar-refractivity contribution >= 4 is 5.91 Å². The van der Waals surface area contributed by atoms with Gasteiger partial charge in [-0.2, -0.15) is 0 Å². The minimum absolute atomic E-state index is 0.156. The highest BCUT2D eigenvalue weighted by molar-refractivity contribution is 5.92. The van der Waals surface area contributed by atoms with Crippen LogP contribution >= 0.6 is 0 Å². The summed E-state index contributed by atoms with van der Waals surface area (Å²) >= 11 is 0. The van der Waals surface area contributed by atoms with Crippen molar-refractivity contribution < 1.29 is 4.79 Å². The fourth-order valence-electron chi connectivity index (χ4n) is 1.42. The maximum absolute atomic E-state index is 11.8. The molecule has 0 spiro atoms. The van der Waals surface area contributed by atoms with Crippen molar-refractivity contribution in [3.05, 3.63) is 36.2 Å². The molecule has 2 rings (SSSR count). The molecule has 1 amide bonds. The summed E-state index contributed by atoms with van der Waals surface area (Å²) in [6.45, 7) is 0.279. The van der Waals surface area contributed by atoms with E-state index in [2.05, 4.69) is 15.1 Å². The zero-order chi connectivity index (χ0) is 13.1. The lowest BCUT2D eigenvalue weighted by molar-refractivity contribution is 0.0822. The molecule has 18 heavy (non-hydrogen) atoms. The predicted molar refractivity (Wildman–Crippen MR) is 65.1 cm³/mol. The Labute approximate surface area is 104 Å². The summed E-state index contributed by atoms with van der Waals surface area (Å²) in [5.74, 6) is 0.392. The highest BCUT2D eigenvalue weighted by Crippen LogP contribution is 2.08. The lowest BCUT2D eigenvalue weighted by Gasteiger charge is -2.09. The first kappa shape index (κ1) is 12.2. The largest absolute Gasteiger partial charge is 0.343 e. The molecule has 0 radical (unpaired) electrons. The van der Waals surface area contributed by atoms with Crippen molar-refractivity contribution in [2.75, 3.05) is 14.1 Å². The number of amides is 1. The van der Waals surface area contributed by atoms with Gasteiger partial charge in [-0.25, -0.2) is 9.67 Å². The first-order chi connectivity index (χ1) is 8.61. The molecule has 0 atom stereocenters. The number of nitrogens with two attached hydrogens (primary N) is 1. The second-order valence-electron chi connectivity index (χ2n) is 3.91. The van der Waals surface area contributed by atoms with Crippen LogP contribution in [0, 0.1) is 0 Å². The van der Waals surface area contributed by atoms with Gasteiger partial charge in [0, 0.05) is 20.3 Å². The van der Waals surface area contributed by atoms with Gasteiger partial charge < -0.3 is 10.6 Å². The first-order valence-electron chi connectivity index (χ1n) is 5.40. The molecule has 0 saturated carbocycles. The average Bonchev–Trinajstić information content (AvgIpc) is 2.86. The Balaban J connectivity index is 2.35. The van der Waals surface area contributed by atoms with E-state index in [-0.39, 0.29) is 12.5 Å². The molecule has 2 aromatic heterocycles. The van der Waals surface area contributed by atoms with E-state index >= 15 is 0 Å². The number of aromatic nitrogens is 4. The number of rotatable bonds is 3. The van der Waals surface area contributed by atoms with Gasteiger partial charge in [-0.3, -0.25) is 9.78 Å². The molecule has 7 nitrogen and oxygen atoms in total. The van der Waals surface area contributed by atoms with E-state index in [1.54, 1.807) is 43.4 Å². The smallest absolute Gasteiger partial charge is 0.272 e. The standard InChI is InChI=1S/C11H14N6O/c1-16(2)11(18)9-5-8(3-4-13-9)17-7-14-10(6-12)15-17/h3-5,7H,6,12H2,1-2H3. The lowest BCUT2D eigenvalue weighted by atomic mass is 10.3. The highest BCUT2D eigenvalue weighted by atomic mass is 16.2. The average molecular weight is 246 g/mol. The van der Waals surface area contributed by atoms with Gasteiger partial charge >= 0.3 is 0 Å². The van der Waals surface area contributed by atoms with Crippen molar-refractivity contribution in [3.8, 4) is 5.69 Å². The molecule has 2 aromatic rings. The van der Waals surface area contributed by atoms with Crippen LogP contribution in [0.5, 0.6) is 0 Å². The fourth-order valence-corrected chi connectivity index (χ4v) is 1.42. The summed E-state index contributed by atoms with van der Waals surface area (Å²) in [7, 11) is 3.36. The molecule has 0 bridgehead atoms. The van der Waals surface area contributed by atoms with E-state index in [0.717, 1.165) is 5.69 Å². The monoisotopic (exact) mass is 246 g/mol. The highest BCUT2D eigenvalue weighted by Gasteiger charge is 2.11. The van der Waals surface area contributed by atoms with E-state index in [1.165, 1.54) is 4.90 Å². The Hall–Kier alpha value is -2.28. The number of nitrogens with zero attached hydrogens (tertiary/aromatic N) is 5. The third kappa shape index (κ3) is 2.35. The van der Waals surface area contributed by atoms with Crippen molar-refractivity contribution in [3.63, 3.8) is 0 Å². The van der Waals surface area contributed by atoms with Crippen molar-refractivity contribution in [2.24, 2.45) is 5.73 Å². The lowest BCUT2D eigenvalue weighted by Crippen LogP contribution is -2.22. The molecular weight excluding hydrogens is 232 g/mol. The number of hydrogen-bond acceptors (Lipinski definition) is 5. The van der Waals surface area contributed by atoms with Crippen LogP contribution in [0.1, 0.15) is 16.3 Å². The summed E-state index contributed by atoms with van der Waals surface area (Å²) in [5, 5.41) is 4.17. The minimum Gasteiger partial charge on any atom is -0.343 e. The number of hydrogen-bond donors (Lipinski definition) is 1.